The van der Waals surface area contributed by atoms with Crippen molar-refractivity contribution in [2.75, 3.05) is 19.7 Å². The lowest BCUT2D eigenvalue weighted by molar-refractivity contribution is 0.219. The summed E-state index contributed by atoms with van der Waals surface area (Å²) >= 11 is 0. The first kappa shape index (κ1) is 12.3. The second-order valence-corrected chi connectivity index (χ2v) is 4.38. The first-order valence-electron chi connectivity index (χ1n) is 5.86. The lowest BCUT2D eigenvalue weighted by Crippen LogP contribution is -2.40. The zero-order valence-corrected chi connectivity index (χ0v) is 9.46. The van der Waals surface area contributed by atoms with Crippen LogP contribution in [0.2, 0.25) is 0 Å². The van der Waals surface area contributed by atoms with Crippen LogP contribution in [0.15, 0.2) is 0 Å². The zero-order valence-electron chi connectivity index (χ0n) is 9.46. The summed E-state index contributed by atoms with van der Waals surface area (Å²) in [6.07, 6.45) is 5.12. The fourth-order valence-electron chi connectivity index (χ4n) is 2.15. The Hall–Kier alpha value is -0.770. The van der Waals surface area contributed by atoms with Gasteiger partial charge in [-0.1, -0.05) is 26.2 Å². The molecule has 0 saturated heterocycles. The Kier molecular flexibility index (Phi) is 5.47. The molecule has 1 rings (SSSR count). The predicted octanol–water partition coefficient (Wildman–Crippen LogP) is 1.10. The second kappa shape index (κ2) is 6.67. The minimum Gasteiger partial charge on any atom is -0.395 e. The normalized spacial score (nSPS) is 26.0. The van der Waals surface area contributed by atoms with E-state index in [1.807, 2.05) is 0 Å². The van der Waals surface area contributed by atoms with E-state index in [4.69, 9.17) is 5.11 Å². The number of amides is 2. The SMILES string of the molecule is CC1CCCCC1CNC(=O)NCCO. The van der Waals surface area contributed by atoms with Crippen LogP contribution in [0.4, 0.5) is 4.79 Å². The molecule has 0 aromatic heterocycles. The van der Waals surface area contributed by atoms with Crippen LogP contribution in [-0.4, -0.2) is 30.8 Å². The fraction of sp³-hybridized carbons (Fsp3) is 0.909. The first-order valence-corrected chi connectivity index (χ1v) is 5.86. The van der Waals surface area contributed by atoms with E-state index in [9.17, 15) is 4.79 Å². The maximum Gasteiger partial charge on any atom is 0.314 e. The molecule has 15 heavy (non-hydrogen) atoms. The Bertz CT molecular complexity index is 197. The molecule has 3 N–H and O–H groups in total. The van der Waals surface area contributed by atoms with Crippen molar-refractivity contribution in [3.05, 3.63) is 0 Å². The molecule has 0 aliphatic heterocycles. The summed E-state index contributed by atoms with van der Waals surface area (Å²) in [6, 6.07) is -0.165. The third-order valence-corrected chi connectivity index (χ3v) is 3.21. The van der Waals surface area contributed by atoms with Gasteiger partial charge in [-0.25, -0.2) is 4.79 Å². The number of aliphatic hydroxyl groups excluding tert-OH is 1. The summed E-state index contributed by atoms with van der Waals surface area (Å²) in [5.74, 6) is 1.34. The van der Waals surface area contributed by atoms with Crippen LogP contribution in [0.1, 0.15) is 32.6 Å². The van der Waals surface area contributed by atoms with E-state index in [1.165, 1.54) is 25.7 Å². The predicted molar refractivity (Wildman–Crippen MR) is 59.6 cm³/mol. The third kappa shape index (κ3) is 4.51. The molecule has 0 aromatic carbocycles. The molecule has 2 amide bonds. The summed E-state index contributed by atoms with van der Waals surface area (Å²) < 4.78 is 0. The Morgan fingerprint density at radius 3 is 2.73 bits per heavy atom. The van der Waals surface area contributed by atoms with E-state index in [0.717, 1.165) is 12.5 Å². The van der Waals surface area contributed by atoms with Gasteiger partial charge in [0.2, 0.25) is 0 Å². The van der Waals surface area contributed by atoms with Crippen molar-refractivity contribution < 1.29 is 9.90 Å². The highest BCUT2D eigenvalue weighted by Crippen LogP contribution is 2.28. The Morgan fingerprint density at radius 1 is 1.33 bits per heavy atom. The van der Waals surface area contributed by atoms with E-state index in [2.05, 4.69) is 17.6 Å². The van der Waals surface area contributed by atoms with Crippen LogP contribution < -0.4 is 10.6 Å². The molecule has 0 bridgehead atoms. The molecule has 88 valence electrons. The van der Waals surface area contributed by atoms with Gasteiger partial charge in [-0.3, -0.25) is 0 Å². The molecule has 1 fully saturated rings. The minimum atomic E-state index is -0.165. The van der Waals surface area contributed by atoms with Crippen molar-refractivity contribution in [2.24, 2.45) is 11.8 Å². The van der Waals surface area contributed by atoms with Gasteiger partial charge in [0.05, 0.1) is 6.61 Å². The molecule has 1 aliphatic carbocycles. The number of urea groups is 1. The van der Waals surface area contributed by atoms with Gasteiger partial charge < -0.3 is 15.7 Å². The highest BCUT2D eigenvalue weighted by atomic mass is 16.3. The Labute approximate surface area is 91.4 Å². The number of rotatable bonds is 4. The molecule has 0 spiro atoms. The zero-order chi connectivity index (χ0) is 11.1. The molecule has 1 aliphatic rings. The molecule has 2 atom stereocenters. The number of carbonyl (C=O) groups excluding carboxylic acids is 1. The van der Waals surface area contributed by atoms with Gasteiger partial charge in [-0.15, -0.1) is 0 Å². The largest absolute Gasteiger partial charge is 0.395 e. The van der Waals surface area contributed by atoms with E-state index in [1.54, 1.807) is 0 Å². The van der Waals surface area contributed by atoms with Crippen LogP contribution in [0.25, 0.3) is 0 Å². The van der Waals surface area contributed by atoms with Gasteiger partial charge in [-0.05, 0) is 18.3 Å². The number of nitrogens with one attached hydrogen (secondary N) is 2. The van der Waals surface area contributed by atoms with Crippen LogP contribution in [0.5, 0.6) is 0 Å². The molecule has 4 nitrogen and oxygen atoms in total. The van der Waals surface area contributed by atoms with Crippen molar-refractivity contribution in [2.45, 2.75) is 32.6 Å². The highest BCUT2D eigenvalue weighted by Gasteiger charge is 2.21. The Balaban J connectivity index is 2.14. The summed E-state index contributed by atoms with van der Waals surface area (Å²) in [5.41, 5.74) is 0. The van der Waals surface area contributed by atoms with Crippen LogP contribution in [0.3, 0.4) is 0 Å². The summed E-state index contributed by atoms with van der Waals surface area (Å²) in [7, 11) is 0. The monoisotopic (exact) mass is 214 g/mol. The topological polar surface area (TPSA) is 61.4 Å². The molecule has 0 aromatic rings. The van der Waals surface area contributed by atoms with Gasteiger partial charge in [0.15, 0.2) is 0 Å². The van der Waals surface area contributed by atoms with Crippen LogP contribution >= 0.6 is 0 Å². The van der Waals surface area contributed by atoms with Crippen molar-refractivity contribution in [1.82, 2.24) is 10.6 Å². The van der Waals surface area contributed by atoms with Crippen molar-refractivity contribution in [3.63, 3.8) is 0 Å². The number of carbonyl (C=O) groups is 1. The summed E-state index contributed by atoms with van der Waals surface area (Å²) in [4.78, 5) is 11.2. The van der Waals surface area contributed by atoms with E-state index < -0.39 is 0 Å². The maximum absolute atomic E-state index is 11.2. The van der Waals surface area contributed by atoms with Gasteiger partial charge in [0.25, 0.3) is 0 Å². The minimum absolute atomic E-state index is 0.00670. The Morgan fingerprint density at radius 2 is 2.07 bits per heavy atom. The van der Waals surface area contributed by atoms with E-state index >= 15 is 0 Å². The lowest BCUT2D eigenvalue weighted by Gasteiger charge is -2.28. The number of hydrogen-bond donors (Lipinski definition) is 3. The first-order chi connectivity index (χ1) is 7.24. The lowest BCUT2D eigenvalue weighted by atomic mass is 9.80. The molecular formula is C11H22N2O2. The fourth-order valence-corrected chi connectivity index (χ4v) is 2.15. The molecule has 1 saturated carbocycles. The molecule has 4 heteroatoms. The van der Waals surface area contributed by atoms with Crippen molar-refractivity contribution >= 4 is 6.03 Å². The smallest absolute Gasteiger partial charge is 0.314 e. The van der Waals surface area contributed by atoms with Gasteiger partial charge in [0, 0.05) is 13.1 Å². The molecular weight excluding hydrogens is 192 g/mol. The van der Waals surface area contributed by atoms with Crippen LogP contribution in [-0.2, 0) is 0 Å². The van der Waals surface area contributed by atoms with Crippen molar-refractivity contribution in [1.29, 1.82) is 0 Å². The van der Waals surface area contributed by atoms with E-state index in [0.29, 0.717) is 12.5 Å². The molecule has 2 unspecified atom stereocenters. The van der Waals surface area contributed by atoms with Gasteiger partial charge in [0.1, 0.15) is 0 Å². The quantitative estimate of drug-likeness (QED) is 0.656. The summed E-state index contributed by atoms with van der Waals surface area (Å²) in [6.45, 7) is 3.34. The standard InChI is InChI=1S/C11H22N2O2/c1-9-4-2-3-5-10(9)8-13-11(15)12-6-7-14/h9-10,14H,2-8H2,1H3,(H2,12,13,15). The third-order valence-electron chi connectivity index (χ3n) is 3.21. The second-order valence-electron chi connectivity index (χ2n) is 4.38. The van der Waals surface area contributed by atoms with E-state index in [-0.39, 0.29) is 12.6 Å². The van der Waals surface area contributed by atoms with Crippen molar-refractivity contribution in [3.8, 4) is 0 Å². The van der Waals surface area contributed by atoms with Gasteiger partial charge in [-0.2, -0.15) is 0 Å². The molecule has 0 heterocycles. The average molecular weight is 214 g/mol. The number of aliphatic hydroxyl groups is 1. The van der Waals surface area contributed by atoms with Crippen LogP contribution in [0, 0.1) is 11.8 Å². The number of hydrogen-bond acceptors (Lipinski definition) is 2. The maximum atomic E-state index is 11.2. The van der Waals surface area contributed by atoms with Gasteiger partial charge >= 0.3 is 6.03 Å². The average Bonchev–Trinajstić information content (AvgIpc) is 2.25. The molecule has 0 radical (unpaired) electrons. The highest BCUT2D eigenvalue weighted by molar-refractivity contribution is 5.73. The summed E-state index contributed by atoms with van der Waals surface area (Å²) in [5, 5.41) is 14.0.